The molecule has 1 saturated carbocycles. The molecule has 0 unspecified atom stereocenters. The molecule has 1 aliphatic carbocycles. The third-order valence-corrected chi connectivity index (χ3v) is 5.50. The van der Waals surface area contributed by atoms with Gasteiger partial charge in [-0.25, -0.2) is 14.4 Å². The van der Waals surface area contributed by atoms with Gasteiger partial charge in [0.2, 0.25) is 0 Å². The average Bonchev–Trinajstić information content (AvgIpc) is 3.09. The molecule has 3 heterocycles. The largest absolute Gasteiger partial charge is 0.468 e. The van der Waals surface area contributed by atoms with Gasteiger partial charge in [-0.1, -0.05) is 0 Å². The van der Waals surface area contributed by atoms with Crippen LogP contribution in [0.2, 0.25) is 0 Å². The van der Waals surface area contributed by atoms with Crippen molar-refractivity contribution in [3.63, 3.8) is 0 Å². The number of halogens is 1. The maximum Gasteiger partial charge on any atom is 0.250 e. The second-order valence-electron chi connectivity index (χ2n) is 6.26. The predicted molar refractivity (Wildman–Crippen MR) is 88.6 cm³/mol. The summed E-state index contributed by atoms with van der Waals surface area (Å²) in [7, 11) is 0. The maximum absolute atomic E-state index is 13.9. The van der Waals surface area contributed by atoms with Gasteiger partial charge in [0.25, 0.3) is 5.88 Å². The minimum absolute atomic E-state index is 0.00132. The normalized spacial score (nSPS) is 27.2. The van der Waals surface area contributed by atoms with Crippen LogP contribution in [-0.2, 0) is 11.3 Å². The van der Waals surface area contributed by atoms with Gasteiger partial charge in [-0.2, -0.15) is 0 Å². The van der Waals surface area contributed by atoms with Crippen LogP contribution >= 0.6 is 11.3 Å². The van der Waals surface area contributed by atoms with Crippen LogP contribution in [-0.4, -0.2) is 46.3 Å². The van der Waals surface area contributed by atoms with Crippen molar-refractivity contribution >= 4 is 11.3 Å². The van der Waals surface area contributed by atoms with Crippen LogP contribution in [0, 0.1) is 12.7 Å². The van der Waals surface area contributed by atoms with Gasteiger partial charge >= 0.3 is 0 Å². The first-order valence-corrected chi connectivity index (χ1v) is 9.12. The highest BCUT2D eigenvalue weighted by Crippen LogP contribution is 2.33. The summed E-state index contributed by atoms with van der Waals surface area (Å²) in [6, 6.07) is 3.13. The SMILES string of the molecule is Cc1nc(CN2CCO[C@H]3CC[C@H]2[C@H]3Oc2ncccc2F)cs1. The van der Waals surface area contributed by atoms with Crippen LogP contribution in [0.3, 0.4) is 0 Å². The summed E-state index contributed by atoms with van der Waals surface area (Å²) in [5, 5.41) is 3.17. The number of nitrogens with zero attached hydrogens (tertiary/aromatic N) is 3. The molecule has 0 radical (unpaired) electrons. The van der Waals surface area contributed by atoms with Crippen molar-refractivity contribution < 1.29 is 13.9 Å². The van der Waals surface area contributed by atoms with Crippen LogP contribution in [0.15, 0.2) is 23.7 Å². The third-order valence-electron chi connectivity index (χ3n) is 4.68. The highest BCUT2D eigenvalue weighted by molar-refractivity contribution is 7.09. The molecular weight excluding hydrogens is 329 g/mol. The number of hydrogen-bond acceptors (Lipinski definition) is 6. The topological polar surface area (TPSA) is 47.5 Å². The molecule has 128 valence electrons. The molecular formula is C17H20FN3O2S. The minimum atomic E-state index is -0.428. The van der Waals surface area contributed by atoms with Crippen LogP contribution in [0.1, 0.15) is 23.5 Å². The van der Waals surface area contributed by atoms with E-state index in [1.807, 2.05) is 6.92 Å². The van der Waals surface area contributed by atoms with Gasteiger partial charge in [0.15, 0.2) is 5.82 Å². The number of thiazole rings is 1. The van der Waals surface area contributed by atoms with E-state index in [1.54, 1.807) is 23.6 Å². The molecule has 1 saturated heterocycles. The van der Waals surface area contributed by atoms with Gasteiger partial charge in [-0.05, 0) is 31.9 Å². The molecule has 2 bridgehead atoms. The van der Waals surface area contributed by atoms with E-state index in [-0.39, 0.29) is 24.1 Å². The number of pyridine rings is 1. The van der Waals surface area contributed by atoms with Crippen LogP contribution in [0.5, 0.6) is 5.88 Å². The molecule has 2 aromatic heterocycles. The molecule has 4 rings (SSSR count). The van der Waals surface area contributed by atoms with E-state index < -0.39 is 5.82 Å². The Labute approximate surface area is 144 Å². The van der Waals surface area contributed by atoms with E-state index in [0.29, 0.717) is 6.61 Å². The van der Waals surface area contributed by atoms with Gasteiger partial charge in [-0.15, -0.1) is 11.3 Å². The Hall–Kier alpha value is -1.57. The zero-order valence-electron chi connectivity index (χ0n) is 13.5. The fraction of sp³-hybridized carbons (Fsp3) is 0.529. The average molecular weight is 349 g/mol. The van der Waals surface area contributed by atoms with E-state index in [0.717, 1.165) is 36.6 Å². The molecule has 1 aliphatic heterocycles. The molecule has 2 aromatic rings. The molecule has 3 atom stereocenters. The summed E-state index contributed by atoms with van der Waals surface area (Å²) in [5.41, 5.74) is 1.07. The van der Waals surface area contributed by atoms with Gasteiger partial charge in [-0.3, -0.25) is 4.90 Å². The highest BCUT2D eigenvalue weighted by Gasteiger charge is 2.44. The van der Waals surface area contributed by atoms with Crippen LogP contribution in [0.25, 0.3) is 0 Å². The molecule has 0 N–H and O–H groups in total. The first kappa shape index (κ1) is 15.9. The summed E-state index contributed by atoms with van der Waals surface area (Å²) < 4.78 is 25.8. The van der Waals surface area contributed by atoms with E-state index in [1.165, 1.54) is 6.07 Å². The molecule has 0 amide bonds. The lowest BCUT2D eigenvalue weighted by molar-refractivity contribution is 0.000129. The van der Waals surface area contributed by atoms with Crippen LogP contribution in [0.4, 0.5) is 4.39 Å². The Kier molecular flexibility index (Phi) is 4.47. The summed E-state index contributed by atoms with van der Waals surface area (Å²) >= 11 is 1.66. The molecule has 24 heavy (non-hydrogen) atoms. The summed E-state index contributed by atoms with van der Waals surface area (Å²) in [6.45, 7) is 4.29. The minimum Gasteiger partial charge on any atom is -0.468 e. The van der Waals surface area contributed by atoms with Crippen molar-refractivity contribution in [2.75, 3.05) is 13.2 Å². The Morgan fingerprint density at radius 3 is 3.17 bits per heavy atom. The van der Waals surface area contributed by atoms with E-state index in [2.05, 4.69) is 20.2 Å². The number of rotatable bonds is 4. The molecule has 2 fully saturated rings. The lowest BCUT2D eigenvalue weighted by atomic mass is 10.1. The number of hydrogen-bond donors (Lipinski definition) is 0. The summed E-state index contributed by atoms with van der Waals surface area (Å²) in [4.78, 5) is 10.9. The second-order valence-corrected chi connectivity index (χ2v) is 7.32. The van der Waals surface area contributed by atoms with Crippen molar-refractivity contribution in [1.82, 2.24) is 14.9 Å². The molecule has 5 nitrogen and oxygen atoms in total. The van der Waals surface area contributed by atoms with E-state index in [4.69, 9.17) is 9.47 Å². The zero-order chi connectivity index (χ0) is 16.5. The van der Waals surface area contributed by atoms with Crippen molar-refractivity contribution in [2.24, 2.45) is 0 Å². The number of aryl methyl sites for hydroxylation is 1. The lowest BCUT2D eigenvalue weighted by Gasteiger charge is -2.30. The summed E-state index contributed by atoms with van der Waals surface area (Å²) in [6.07, 6.45) is 3.26. The number of fused-ring (bicyclic) bond motifs is 2. The van der Waals surface area contributed by atoms with Crippen molar-refractivity contribution in [1.29, 1.82) is 0 Å². The monoisotopic (exact) mass is 349 g/mol. The van der Waals surface area contributed by atoms with Gasteiger partial charge < -0.3 is 9.47 Å². The van der Waals surface area contributed by atoms with E-state index in [9.17, 15) is 4.39 Å². The van der Waals surface area contributed by atoms with Gasteiger partial charge in [0.1, 0.15) is 6.10 Å². The molecule has 7 heteroatoms. The lowest BCUT2D eigenvalue weighted by Crippen LogP contribution is -2.44. The first-order chi connectivity index (χ1) is 11.7. The molecule has 2 aliphatic rings. The molecule has 0 spiro atoms. The maximum atomic E-state index is 13.9. The predicted octanol–water partition coefficient (Wildman–Crippen LogP) is 2.80. The second kappa shape index (κ2) is 6.74. The Morgan fingerprint density at radius 2 is 2.38 bits per heavy atom. The van der Waals surface area contributed by atoms with Crippen molar-refractivity contribution in [3.05, 3.63) is 40.2 Å². The Morgan fingerprint density at radius 1 is 1.46 bits per heavy atom. The Balaban J connectivity index is 1.54. The standard InChI is InChI=1S/C17H20FN3O2S/c1-11-20-12(10-24-11)9-21-7-8-22-15-5-4-14(21)16(15)23-17-13(18)3-2-6-19-17/h2-3,6,10,14-16H,4-5,7-9H2,1H3/t14-,15-,16+/m0/s1. The highest BCUT2D eigenvalue weighted by atomic mass is 32.1. The zero-order valence-corrected chi connectivity index (χ0v) is 14.3. The number of ether oxygens (including phenoxy) is 2. The van der Waals surface area contributed by atoms with Crippen molar-refractivity contribution in [2.45, 2.75) is 44.6 Å². The van der Waals surface area contributed by atoms with Gasteiger partial charge in [0.05, 0.1) is 23.4 Å². The number of aromatic nitrogens is 2. The van der Waals surface area contributed by atoms with Crippen LogP contribution < -0.4 is 4.74 Å². The smallest absolute Gasteiger partial charge is 0.250 e. The fourth-order valence-electron chi connectivity index (χ4n) is 3.59. The fourth-order valence-corrected chi connectivity index (χ4v) is 4.20. The van der Waals surface area contributed by atoms with E-state index >= 15 is 0 Å². The first-order valence-electron chi connectivity index (χ1n) is 8.24. The van der Waals surface area contributed by atoms with Crippen molar-refractivity contribution in [3.8, 4) is 5.88 Å². The quantitative estimate of drug-likeness (QED) is 0.849. The van der Waals surface area contributed by atoms with Gasteiger partial charge in [0, 0.05) is 30.7 Å². The Bertz CT molecular complexity index is 711. The summed E-state index contributed by atoms with van der Waals surface area (Å²) in [5.74, 6) is -0.364. The molecule has 0 aromatic carbocycles. The third kappa shape index (κ3) is 3.16.